The first kappa shape index (κ1) is 25.2. The van der Waals surface area contributed by atoms with Crippen molar-refractivity contribution in [2.45, 2.75) is 24.9 Å². The molecule has 6 rings (SSSR count). The number of imidazole rings is 1. The normalized spacial score (nSPS) is 16.8. The van der Waals surface area contributed by atoms with E-state index in [0.717, 1.165) is 0 Å². The summed E-state index contributed by atoms with van der Waals surface area (Å²) in [5.41, 5.74) is 3.45. The zero-order valence-corrected chi connectivity index (χ0v) is 20.5. The fourth-order valence-corrected chi connectivity index (χ4v) is 4.81. The molecule has 1 aromatic carbocycles. The first-order chi connectivity index (χ1) is 19.0. The number of H-pyrrole nitrogens is 1. The van der Waals surface area contributed by atoms with Crippen LogP contribution in [0, 0.1) is 5.82 Å². The van der Waals surface area contributed by atoms with E-state index in [1.54, 1.807) is 41.2 Å². The van der Waals surface area contributed by atoms with Crippen molar-refractivity contribution in [3.05, 3.63) is 99.2 Å². The number of rotatable bonds is 4. The number of carbonyl (C=O) groups is 1. The molecule has 1 unspecified atom stereocenters. The molecule has 0 aliphatic carbocycles. The van der Waals surface area contributed by atoms with Gasteiger partial charge < -0.3 is 20.4 Å². The number of benzene rings is 1. The second kappa shape index (κ2) is 8.69. The van der Waals surface area contributed by atoms with Crippen LogP contribution in [0.2, 0.25) is 0 Å². The minimum atomic E-state index is -4.87. The number of pyridine rings is 1. The highest BCUT2D eigenvalue weighted by atomic mass is 19.4. The molecule has 0 saturated heterocycles. The summed E-state index contributed by atoms with van der Waals surface area (Å²) in [5, 5.41) is 2.59. The lowest BCUT2D eigenvalue weighted by Gasteiger charge is -2.23. The van der Waals surface area contributed by atoms with Crippen molar-refractivity contribution >= 4 is 23.2 Å². The summed E-state index contributed by atoms with van der Waals surface area (Å²) in [6, 6.07) is 6.98. The summed E-state index contributed by atoms with van der Waals surface area (Å²) in [4.78, 5) is 45.5. The Kier molecular flexibility index (Phi) is 5.47. The molecule has 5 heterocycles. The van der Waals surface area contributed by atoms with Gasteiger partial charge in [-0.1, -0.05) is 18.2 Å². The summed E-state index contributed by atoms with van der Waals surface area (Å²) >= 11 is 0. The van der Waals surface area contributed by atoms with Gasteiger partial charge in [0.05, 0.1) is 11.3 Å². The van der Waals surface area contributed by atoms with E-state index >= 15 is 0 Å². The zero-order valence-electron chi connectivity index (χ0n) is 20.5. The molecule has 202 valence electrons. The summed E-state index contributed by atoms with van der Waals surface area (Å²) < 4.78 is 55.4. The summed E-state index contributed by atoms with van der Waals surface area (Å²) in [6.07, 6.45) is 0.590. The number of hydrogen-bond donors (Lipinski definition) is 3. The van der Waals surface area contributed by atoms with Crippen molar-refractivity contribution in [1.29, 1.82) is 0 Å². The fourth-order valence-electron chi connectivity index (χ4n) is 4.81. The summed E-state index contributed by atoms with van der Waals surface area (Å²) in [7, 11) is 0. The van der Waals surface area contributed by atoms with E-state index in [9.17, 15) is 27.2 Å². The van der Waals surface area contributed by atoms with Crippen LogP contribution in [0.4, 0.5) is 29.2 Å². The zero-order chi connectivity index (χ0) is 28.4. The van der Waals surface area contributed by atoms with E-state index in [2.05, 4.69) is 30.2 Å². The van der Waals surface area contributed by atoms with Crippen molar-refractivity contribution in [2.24, 2.45) is 0 Å². The third-order valence-corrected chi connectivity index (χ3v) is 6.87. The number of aromatic amines is 1. The third kappa shape index (κ3) is 3.87. The van der Waals surface area contributed by atoms with E-state index in [0.29, 0.717) is 29.2 Å². The maximum atomic E-state index is 14.4. The highest BCUT2D eigenvalue weighted by Crippen LogP contribution is 2.44. The maximum Gasteiger partial charge on any atom is 0.421 e. The molecule has 0 saturated carbocycles. The topological polar surface area (TPSA) is 144 Å². The van der Waals surface area contributed by atoms with Crippen molar-refractivity contribution in [1.82, 2.24) is 29.3 Å². The Morgan fingerprint density at radius 1 is 1.12 bits per heavy atom. The number of alkyl halides is 3. The van der Waals surface area contributed by atoms with Gasteiger partial charge in [-0.25, -0.2) is 24.3 Å². The monoisotopic (exact) mass is 550 g/mol. The number of halogens is 4. The first-order valence-corrected chi connectivity index (χ1v) is 11.8. The number of carbonyl (C=O) groups excluding carboxylic acids is 1. The Bertz CT molecular complexity index is 1900. The van der Waals surface area contributed by atoms with Gasteiger partial charge in [0.25, 0.3) is 0 Å². The molecule has 14 heteroatoms. The van der Waals surface area contributed by atoms with Crippen LogP contribution < -0.4 is 16.5 Å². The fraction of sp³-hybridized carbons (Fsp3) is 0.154. The molecule has 1 aliphatic rings. The van der Waals surface area contributed by atoms with Crippen LogP contribution in [0.5, 0.6) is 0 Å². The SMILES string of the molecule is CC1(c2cc(=O)c(C(F)(F)F)c[nH]2)C(=O)Nc2nc(-c3cn4ccnc4c(Cc4ccccc4F)n3)nc(N)c21. The molecule has 10 nitrogen and oxygen atoms in total. The quantitative estimate of drug-likeness (QED) is 0.291. The van der Waals surface area contributed by atoms with E-state index < -0.39 is 34.3 Å². The number of hydrogen-bond acceptors (Lipinski definition) is 7. The number of nitrogen functional groups attached to an aromatic ring is 1. The van der Waals surface area contributed by atoms with Crippen LogP contribution in [0.25, 0.3) is 17.2 Å². The highest BCUT2D eigenvalue weighted by molar-refractivity contribution is 6.08. The number of fused-ring (bicyclic) bond motifs is 2. The van der Waals surface area contributed by atoms with Gasteiger partial charge >= 0.3 is 6.18 Å². The average Bonchev–Trinajstić information content (AvgIpc) is 3.47. The van der Waals surface area contributed by atoms with Crippen LogP contribution in [0.15, 0.2) is 59.9 Å². The van der Waals surface area contributed by atoms with Crippen LogP contribution in [-0.2, 0) is 22.8 Å². The molecule has 0 spiro atoms. The van der Waals surface area contributed by atoms with Gasteiger partial charge in [0.2, 0.25) is 5.91 Å². The van der Waals surface area contributed by atoms with Gasteiger partial charge in [0.15, 0.2) is 16.9 Å². The molecule has 0 bridgehead atoms. The molecule has 1 aliphatic heterocycles. The van der Waals surface area contributed by atoms with Gasteiger partial charge in [-0.15, -0.1) is 0 Å². The van der Waals surface area contributed by atoms with Crippen LogP contribution in [-0.4, -0.2) is 35.2 Å². The average molecular weight is 550 g/mol. The molecule has 5 aromatic rings. The van der Waals surface area contributed by atoms with E-state index in [1.807, 2.05) is 0 Å². The maximum absolute atomic E-state index is 14.4. The van der Waals surface area contributed by atoms with Crippen molar-refractivity contribution in [3.63, 3.8) is 0 Å². The standard InChI is InChI=1S/C26H18F4N8O2/c1-25(18-9-17(39)13(10-33-18)26(28,29)30)19-20(31)35-21(36-22(19)37-24(25)40)16-11-38-7-6-32-23(38)15(34-16)8-12-4-2-3-5-14(12)27/h2-7,9-11H,8H2,1H3,(H,33,39)(H3,31,35,36,37,40). The minimum Gasteiger partial charge on any atom is -0.383 e. The predicted octanol–water partition coefficient (Wildman–Crippen LogP) is 3.46. The van der Waals surface area contributed by atoms with E-state index in [4.69, 9.17) is 5.73 Å². The Labute approximate surface area is 222 Å². The number of anilines is 2. The highest BCUT2D eigenvalue weighted by Gasteiger charge is 2.49. The number of amides is 1. The van der Waals surface area contributed by atoms with E-state index in [1.165, 1.54) is 13.0 Å². The number of nitrogens with one attached hydrogen (secondary N) is 2. The molecule has 0 radical (unpaired) electrons. The third-order valence-electron chi connectivity index (χ3n) is 6.87. The van der Waals surface area contributed by atoms with Gasteiger partial charge in [0.1, 0.15) is 34.1 Å². The Balaban J connectivity index is 1.45. The Morgan fingerprint density at radius 3 is 2.62 bits per heavy atom. The van der Waals surface area contributed by atoms with Crippen molar-refractivity contribution in [3.8, 4) is 11.5 Å². The lowest BCUT2D eigenvalue weighted by atomic mass is 9.80. The largest absolute Gasteiger partial charge is 0.421 e. The second-order valence-corrected chi connectivity index (χ2v) is 9.36. The molecule has 1 atom stereocenters. The predicted molar refractivity (Wildman–Crippen MR) is 135 cm³/mol. The van der Waals surface area contributed by atoms with Gasteiger partial charge in [-0.3, -0.25) is 9.59 Å². The first-order valence-electron chi connectivity index (χ1n) is 11.8. The molecular formula is C26H18F4N8O2. The van der Waals surface area contributed by atoms with Crippen LogP contribution in [0.3, 0.4) is 0 Å². The minimum absolute atomic E-state index is 0.0129. The number of aromatic nitrogens is 6. The lowest BCUT2D eigenvalue weighted by molar-refractivity contribution is -0.138. The molecular weight excluding hydrogens is 532 g/mol. The van der Waals surface area contributed by atoms with Gasteiger partial charge in [-0.2, -0.15) is 13.2 Å². The molecule has 1 amide bonds. The van der Waals surface area contributed by atoms with Crippen molar-refractivity contribution < 1.29 is 22.4 Å². The summed E-state index contributed by atoms with van der Waals surface area (Å²) in [5.74, 6) is -1.18. The lowest BCUT2D eigenvalue weighted by Crippen LogP contribution is -2.35. The van der Waals surface area contributed by atoms with Crippen molar-refractivity contribution in [2.75, 3.05) is 11.1 Å². The van der Waals surface area contributed by atoms with E-state index in [-0.39, 0.29) is 40.8 Å². The Morgan fingerprint density at radius 2 is 1.90 bits per heavy atom. The molecule has 0 fully saturated rings. The van der Waals surface area contributed by atoms with Gasteiger partial charge in [0, 0.05) is 43.0 Å². The molecule has 4 N–H and O–H groups in total. The molecule has 4 aromatic heterocycles. The van der Waals surface area contributed by atoms with Gasteiger partial charge in [-0.05, 0) is 18.6 Å². The number of nitrogens with zero attached hydrogens (tertiary/aromatic N) is 5. The van der Waals surface area contributed by atoms with Crippen LogP contribution >= 0.6 is 0 Å². The number of nitrogens with two attached hydrogens (primary N) is 1. The Hall–Kier alpha value is -5.14. The summed E-state index contributed by atoms with van der Waals surface area (Å²) in [6.45, 7) is 1.40. The smallest absolute Gasteiger partial charge is 0.383 e. The second-order valence-electron chi connectivity index (χ2n) is 9.36. The van der Waals surface area contributed by atoms with Crippen LogP contribution in [0.1, 0.15) is 35.0 Å². The molecule has 40 heavy (non-hydrogen) atoms.